The smallest absolute Gasteiger partial charge is 0.258 e. The zero-order valence-electron chi connectivity index (χ0n) is 10.7. The average molecular weight is 310 g/mol. The van der Waals surface area contributed by atoms with Gasteiger partial charge in [0.15, 0.2) is 0 Å². The highest BCUT2D eigenvalue weighted by molar-refractivity contribution is 7.89. The lowest BCUT2D eigenvalue weighted by Gasteiger charge is -2.06. The minimum absolute atomic E-state index is 0.0364. The molecule has 8 heteroatoms. The van der Waals surface area contributed by atoms with Crippen LogP contribution in [0.25, 0.3) is 0 Å². The Kier molecular flexibility index (Phi) is 4.29. The molecule has 0 aliphatic rings. The van der Waals surface area contributed by atoms with E-state index in [0.29, 0.717) is 5.56 Å². The number of benzene rings is 2. The molecular weight excluding hydrogens is 299 g/mol. The van der Waals surface area contributed by atoms with Gasteiger partial charge < -0.3 is 0 Å². The zero-order chi connectivity index (χ0) is 15.5. The van der Waals surface area contributed by atoms with E-state index >= 15 is 0 Å². The van der Waals surface area contributed by atoms with Crippen molar-refractivity contribution < 1.29 is 17.7 Å². The molecular formula is C13H11FN2O4S. The van der Waals surface area contributed by atoms with Crippen molar-refractivity contribution in [1.29, 1.82) is 0 Å². The molecule has 0 fully saturated rings. The van der Waals surface area contributed by atoms with Crippen LogP contribution in [0.2, 0.25) is 0 Å². The summed E-state index contributed by atoms with van der Waals surface area (Å²) in [6, 6.07) is 10.1. The first-order valence-electron chi connectivity index (χ1n) is 5.87. The molecule has 0 aliphatic heterocycles. The second-order valence-electron chi connectivity index (χ2n) is 4.21. The van der Waals surface area contributed by atoms with Crippen molar-refractivity contribution in [1.82, 2.24) is 4.72 Å². The van der Waals surface area contributed by atoms with Gasteiger partial charge in [-0.1, -0.05) is 18.2 Å². The van der Waals surface area contributed by atoms with E-state index in [4.69, 9.17) is 0 Å². The van der Waals surface area contributed by atoms with Crippen molar-refractivity contribution in [3.05, 3.63) is 70.0 Å². The Morgan fingerprint density at radius 2 is 1.81 bits per heavy atom. The zero-order valence-corrected chi connectivity index (χ0v) is 11.5. The van der Waals surface area contributed by atoms with Crippen LogP contribution in [0, 0.1) is 15.9 Å². The molecule has 0 atom stereocenters. The minimum atomic E-state index is -3.87. The van der Waals surface area contributed by atoms with E-state index in [9.17, 15) is 22.9 Å². The summed E-state index contributed by atoms with van der Waals surface area (Å²) in [5.41, 5.74) is 0.269. The number of sulfonamides is 1. The fourth-order valence-corrected chi connectivity index (χ4v) is 2.69. The predicted octanol–water partition coefficient (Wildman–Crippen LogP) is 2.21. The van der Waals surface area contributed by atoms with Gasteiger partial charge in [0.1, 0.15) is 5.82 Å². The van der Waals surface area contributed by atoms with E-state index in [2.05, 4.69) is 4.72 Å². The van der Waals surface area contributed by atoms with Crippen LogP contribution in [-0.4, -0.2) is 13.3 Å². The summed E-state index contributed by atoms with van der Waals surface area (Å²) >= 11 is 0. The molecule has 0 bridgehead atoms. The van der Waals surface area contributed by atoms with Crippen LogP contribution in [0.4, 0.5) is 10.1 Å². The van der Waals surface area contributed by atoms with Gasteiger partial charge in [0.25, 0.3) is 5.69 Å². The van der Waals surface area contributed by atoms with Crippen molar-refractivity contribution in [2.24, 2.45) is 0 Å². The Morgan fingerprint density at radius 1 is 1.14 bits per heavy atom. The highest BCUT2D eigenvalue weighted by atomic mass is 32.2. The highest BCUT2D eigenvalue weighted by Crippen LogP contribution is 2.17. The first-order valence-corrected chi connectivity index (χ1v) is 7.35. The van der Waals surface area contributed by atoms with Crippen LogP contribution in [-0.2, 0) is 16.6 Å². The van der Waals surface area contributed by atoms with Crippen LogP contribution >= 0.6 is 0 Å². The highest BCUT2D eigenvalue weighted by Gasteiger charge is 2.17. The Labute approximate surface area is 120 Å². The third-order valence-electron chi connectivity index (χ3n) is 2.72. The third-order valence-corrected chi connectivity index (χ3v) is 4.12. The summed E-state index contributed by atoms with van der Waals surface area (Å²) in [4.78, 5) is 9.78. The first-order chi connectivity index (χ1) is 9.88. The number of hydrogen-bond donors (Lipinski definition) is 1. The number of nitrogens with zero attached hydrogens (tertiary/aromatic N) is 1. The molecule has 2 aromatic carbocycles. The number of hydrogen-bond acceptors (Lipinski definition) is 4. The van der Waals surface area contributed by atoms with Gasteiger partial charge in [0, 0.05) is 18.7 Å². The summed E-state index contributed by atoms with van der Waals surface area (Å²) in [6.07, 6.45) is 0. The SMILES string of the molecule is O=[N+]([O-])c1cccc(S(=O)(=O)NCc2ccc(F)cc2)c1. The van der Waals surface area contributed by atoms with E-state index in [0.717, 1.165) is 6.07 Å². The molecule has 2 rings (SSSR count). The van der Waals surface area contributed by atoms with Crippen LogP contribution in [0.5, 0.6) is 0 Å². The fraction of sp³-hybridized carbons (Fsp3) is 0.0769. The molecule has 0 saturated heterocycles. The van der Waals surface area contributed by atoms with Gasteiger partial charge in [-0.25, -0.2) is 17.5 Å². The van der Waals surface area contributed by atoms with Crippen LogP contribution in [0.3, 0.4) is 0 Å². The van der Waals surface area contributed by atoms with E-state index in [1.54, 1.807) is 0 Å². The molecule has 0 amide bonds. The molecule has 0 heterocycles. The van der Waals surface area contributed by atoms with Crippen LogP contribution < -0.4 is 4.72 Å². The standard InChI is InChI=1S/C13H11FN2O4S/c14-11-6-4-10(5-7-11)9-15-21(19,20)13-3-1-2-12(8-13)16(17)18/h1-8,15H,9H2. The third kappa shape index (κ3) is 3.83. The van der Waals surface area contributed by atoms with Gasteiger partial charge in [-0.3, -0.25) is 10.1 Å². The molecule has 0 unspecified atom stereocenters. The van der Waals surface area contributed by atoms with Gasteiger partial charge in [-0.15, -0.1) is 0 Å². The van der Waals surface area contributed by atoms with Crippen LogP contribution in [0.15, 0.2) is 53.4 Å². The summed E-state index contributed by atoms with van der Waals surface area (Å²) in [7, 11) is -3.87. The number of nitro benzene ring substituents is 1. The Morgan fingerprint density at radius 3 is 2.43 bits per heavy atom. The van der Waals surface area contributed by atoms with E-state index < -0.39 is 20.8 Å². The minimum Gasteiger partial charge on any atom is -0.258 e. The number of nitrogens with one attached hydrogen (secondary N) is 1. The number of nitro groups is 1. The molecule has 0 radical (unpaired) electrons. The largest absolute Gasteiger partial charge is 0.270 e. The lowest BCUT2D eigenvalue weighted by Crippen LogP contribution is -2.23. The van der Waals surface area contributed by atoms with E-state index in [-0.39, 0.29) is 17.1 Å². The Balaban J connectivity index is 2.16. The van der Waals surface area contributed by atoms with Gasteiger partial charge in [0.05, 0.1) is 9.82 Å². The predicted molar refractivity (Wildman–Crippen MR) is 73.5 cm³/mol. The normalized spacial score (nSPS) is 11.3. The number of non-ortho nitro benzene ring substituents is 1. The maximum Gasteiger partial charge on any atom is 0.270 e. The topological polar surface area (TPSA) is 89.3 Å². The van der Waals surface area contributed by atoms with Gasteiger partial charge in [-0.2, -0.15) is 0 Å². The van der Waals surface area contributed by atoms with Crippen molar-refractivity contribution in [2.45, 2.75) is 11.4 Å². The Hall–Kier alpha value is -2.32. The molecule has 21 heavy (non-hydrogen) atoms. The van der Waals surface area contributed by atoms with Crippen molar-refractivity contribution in [3.8, 4) is 0 Å². The Bertz CT molecular complexity index is 760. The monoisotopic (exact) mass is 310 g/mol. The average Bonchev–Trinajstić information content (AvgIpc) is 2.47. The maximum atomic E-state index is 12.7. The summed E-state index contributed by atoms with van der Waals surface area (Å²) in [5, 5.41) is 10.6. The second kappa shape index (κ2) is 5.98. The first kappa shape index (κ1) is 15.1. The molecule has 6 nitrogen and oxygen atoms in total. The molecule has 0 aromatic heterocycles. The van der Waals surface area contributed by atoms with Gasteiger partial charge in [-0.05, 0) is 23.8 Å². The fourth-order valence-electron chi connectivity index (χ4n) is 1.63. The second-order valence-corrected chi connectivity index (χ2v) is 5.97. The summed E-state index contributed by atoms with van der Waals surface area (Å²) in [5.74, 6) is -0.416. The lowest BCUT2D eigenvalue weighted by atomic mass is 10.2. The van der Waals surface area contributed by atoms with Crippen molar-refractivity contribution in [2.75, 3.05) is 0 Å². The number of halogens is 1. The molecule has 2 aromatic rings. The maximum absolute atomic E-state index is 12.7. The van der Waals surface area contributed by atoms with Gasteiger partial charge >= 0.3 is 0 Å². The van der Waals surface area contributed by atoms with E-state index in [1.165, 1.54) is 42.5 Å². The summed E-state index contributed by atoms with van der Waals surface area (Å²) in [6.45, 7) is -0.0364. The van der Waals surface area contributed by atoms with Crippen molar-refractivity contribution >= 4 is 15.7 Å². The van der Waals surface area contributed by atoms with Crippen LogP contribution in [0.1, 0.15) is 5.56 Å². The molecule has 0 aliphatic carbocycles. The van der Waals surface area contributed by atoms with Crippen molar-refractivity contribution in [3.63, 3.8) is 0 Å². The molecule has 110 valence electrons. The number of rotatable bonds is 5. The lowest BCUT2D eigenvalue weighted by molar-refractivity contribution is -0.385. The quantitative estimate of drug-likeness (QED) is 0.677. The van der Waals surface area contributed by atoms with E-state index in [1.807, 2.05) is 0 Å². The molecule has 1 N–H and O–H groups in total. The molecule has 0 saturated carbocycles. The van der Waals surface area contributed by atoms with Gasteiger partial charge in [0.2, 0.25) is 10.0 Å². The molecule has 0 spiro atoms. The summed E-state index contributed by atoms with van der Waals surface area (Å²) < 4.78 is 39.1.